The minimum absolute atomic E-state index is 0. The predicted molar refractivity (Wildman–Crippen MR) is 128 cm³/mol. The number of guanidine groups is 1. The van der Waals surface area contributed by atoms with Crippen LogP contribution >= 0.6 is 24.0 Å². The van der Waals surface area contributed by atoms with Crippen molar-refractivity contribution in [2.75, 3.05) is 38.2 Å². The van der Waals surface area contributed by atoms with Crippen LogP contribution in [0.2, 0.25) is 0 Å². The van der Waals surface area contributed by atoms with Crippen LogP contribution in [0, 0.1) is 0 Å². The summed E-state index contributed by atoms with van der Waals surface area (Å²) in [5.74, 6) is 0.773. The fraction of sp³-hybridized carbons (Fsp3) is 0.318. The third-order valence-corrected chi connectivity index (χ3v) is 4.81. The van der Waals surface area contributed by atoms with Gasteiger partial charge in [-0.3, -0.25) is 4.99 Å². The molecule has 1 heterocycles. The summed E-state index contributed by atoms with van der Waals surface area (Å²) in [4.78, 5) is 6.61. The Labute approximate surface area is 184 Å². The monoisotopic (exact) mass is 492 g/mol. The SMILES string of the molecule is CN=C(NCc1ccc(N2CC=CC2)cc1)NCC(CO)c1ccccc1.I. The first-order chi connectivity index (χ1) is 13.3. The molecule has 1 unspecified atom stereocenters. The van der Waals surface area contributed by atoms with E-state index in [0.717, 1.165) is 24.6 Å². The molecule has 3 N–H and O–H groups in total. The number of benzene rings is 2. The molecule has 0 saturated carbocycles. The molecule has 0 fully saturated rings. The fourth-order valence-corrected chi connectivity index (χ4v) is 3.15. The molecule has 3 rings (SSSR count). The van der Waals surface area contributed by atoms with Gasteiger partial charge in [0.25, 0.3) is 0 Å². The van der Waals surface area contributed by atoms with Gasteiger partial charge in [-0.15, -0.1) is 24.0 Å². The quantitative estimate of drug-likeness (QED) is 0.241. The first kappa shape index (κ1) is 22.2. The Kier molecular flexibility index (Phi) is 9.30. The van der Waals surface area contributed by atoms with Gasteiger partial charge in [-0.2, -0.15) is 0 Å². The molecule has 1 atom stereocenters. The largest absolute Gasteiger partial charge is 0.396 e. The Balaban J connectivity index is 0.00000280. The molecule has 0 radical (unpaired) electrons. The van der Waals surface area contributed by atoms with Gasteiger partial charge >= 0.3 is 0 Å². The molecule has 0 bridgehead atoms. The van der Waals surface area contributed by atoms with Crippen LogP contribution in [0.3, 0.4) is 0 Å². The molecule has 1 aliphatic rings. The van der Waals surface area contributed by atoms with Gasteiger partial charge in [0.05, 0.1) is 6.61 Å². The molecular weight excluding hydrogens is 463 g/mol. The molecule has 6 heteroatoms. The summed E-state index contributed by atoms with van der Waals surface area (Å²) in [7, 11) is 1.76. The van der Waals surface area contributed by atoms with Gasteiger partial charge in [0.1, 0.15) is 0 Å². The summed E-state index contributed by atoms with van der Waals surface area (Å²) in [6.45, 7) is 3.40. The number of aliphatic hydroxyl groups is 1. The number of anilines is 1. The lowest BCUT2D eigenvalue weighted by Gasteiger charge is -2.19. The smallest absolute Gasteiger partial charge is 0.191 e. The average molecular weight is 492 g/mol. The Morgan fingerprint density at radius 3 is 2.32 bits per heavy atom. The topological polar surface area (TPSA) is 59.9 Å². The third-order valence-electron chi connectivity index (χ3n) is 4.81. The van der Waals surface area contributed by atoms with E-state index in [1.54, 1.807) is 7.05 Å². The lowest BCUT2D eigenvalue weighted by atomic mass is 10.0. The molecule has 0 spiro atoms. The van der Waals surface area contributed by atoms with E-state index in [1.165, 1.54) is 11.3 Å². The van der Waals surface area contributed by atoms with Crippen LogP contribution in [-0.4, -0.2) is 44.4 Å². The van der Waals surface area contributed by atoms with E-state index < -0.39 is 0 Å². The molecule has 28 heavy (non-hydrogen) atoms. The van der Waals surface area contributed by atoms with Crippen molar-refractivity contribution < 1.29 is 5.11 Å². The summed E-state index contributed by atoms with van der Waals surface area (Å²) in [6.07, 6.45) is 4.39. The maximum absolute atomic E-state index is 9.68. The first-order valence-electron chi connectivity index (χ1n) is 9.39. The number of hydrogen-bond acceptors (Lipinski definition) is 3. The Hall–Kier alpha value is -2.06. The van der Waals surface area contributed by atoms with Crippen LogP contribution in [0.1, 0.15) is 17.0 Å². The number of aliphatic hydroxyl groups excluding tert-OH is 1. The van der Waals surface area contributed by atoms with Gasteiger partial charge in [-0.1, -0.05) is 54.6 Å². The van der Waals surface area contributed by atoms with Crippen LogP contribution in [0.4, 0.5) is 5.69 Å². The number of nitrogens with zero attached hydrogens (tertiary/aromatic N) is 2. The first-order valence-corrected chi connectivity index (χ1v) is 9.39. The molecular formula is C22H29IN4O. The third kappa shape index (κ3) is 6.24. The molecule has 0 aliphatic carbocycles. The number of rotatable bonds is 7. The summed E-state index contributed by atoms with van der Waals surface area (Å²) >= 11 is 0. The molecule has 2 aromatic carbocycles. The van der Waals surface area contributed by atoms with E-state index in [4.69, 9.17) is 0 Å². The molecule has 150 valence electrons. The number of halogens is 1. The highest BCUT2D eigenvalue weighted by atomic mass is 127. The summed E-state index contributed by atoms with van der Waals surface area (Å²) in [5, 5.41) is 16.3. The van der Waals surface area contributed by atoms with Crippen LogP contribution in [0.25, 0.3) is 0 Å². The van der Waals surface area contributed by atoms with E-state index in [9.17, 15) is 5.11 Å². The lowest BCUT2D eigenvalue weighted by molar-refractivity contribution is 0.265. The molecule has 5 nitrogen and oxygen atoms in total. The van der Waals surface area contributed by atoms with Gasteiger partial charge in [-0.05, 0) is 23.3 Å². The fourth-order valence-electron chi connectivity index (χ4n) is 3.15. The van der Waals surface area contributed by atoms with Crippen molar-refractivity contribution in [1.29, 1.82) is 0 Å². The van der Waals surface area contributed by atoms with Gasteiger partial charge in [-0.25, -0.2) is 0 Å². The van der Waals surface area contributed by atoms with E-state index in [1.807, 2.05) is 30.3 Å². The highest BCUT2D eigenvalue weighted by molar-refractivity contribution is 14.0. The minimum atomic E-state index is 0. The highest BCUT2D eigenvalue weighted by Gasteiger charge is 2.11. The van der Waals surface area contributed by atoms with Crippen molar-refractivity contribution in [2.45, 2.75) is 12.5 Å². The second-order valence-corrected chi connectivity index (χ2v) is 6.64. The maximum atomic E-state index is 9.68. The standard InChI is InChI=1S/C22H28N4O.HI/c1-23-22(25-16-20(17-27)19-7-3-2-4-8-19)24-15-18-9-11-21(12-10-18)26-13-5-6-14-26;/h2-12,20,27H,13-17H2,1H3,(H2,23,24,25);1H. The van der Waals surface area contributed by atoms with Crippen molar-refractivity contribution in [3.8, 4) is 0 Å². The zero-order valence-electron chi connectivity index (χ0n) is 16.2. The highest BCUT2D eigenvalue weighted by Crippen LogP contribution is 2.17. The Morgan fingerprint density at radius 2 is 1.71 bits per heavy atom. The average Bonchev–Trinajstić information content (AvgIpc) is 3.27. The number of aliphatic imine (C=N–C) groups is 1. The van der Waals surface area contributed by atoms with E-state index >= 15 is 0 Å². The van der Waals surface area contributed by atoms with Crippen molar-refractivity contribution in [1.82, 2.24) is 10.6 Å². The van der Waals surface area contributed by atoms with E-state index in [-0.39, 0.29) is 36.5 Å². The maximum Gasteiger partial charge on any atom is 0.191 e. The second kappa shape index (κ2) is 11.7. The summed E-state index contributed by atoms with van der Waals surface area (Å²) in [6, 6.07) is 18.7. The minimum Gasteiger partial charge on any atom is -0.396 e. The lowest BCUT2D eigenvalue weighted by Crippen LogP contribution is -2.39. The van der Waals surface area contributed by atoms with Crippen molar-refractivity contribution in [2.24, 2.45) is 4.99 Å². The van der Waals surface area contributed by atoms with Gasteiger partial charge in [0.15, 0.2) is 5.96 Å². The molecule has 1 aliphatic heterocycles. The van der Waals surface area contributed by atoms with Crippen molar-refractivity contribution in [3.05, 3.63) is 77.9 Å². The van der Waals surface area contributed by atoms with Gasteiger partial charge < -0.3 is 20.6 Å². The summed E-state index contributed by atoms with van der Waals surface area (Å²) < 4.78 is 0. The number of nitrogens with one attached hydrogen (secondary N) is 2. The predicted octanol–water partition coefficient (Wildman–Crippen LogP) is 3.12. The zero-order chi connectivity index (χ0) is 18.9. The normalized spacial score (nSPS) is 14.5. The second-order valence-electron chi connectivity index (χ2n) is 6.64. The van der Waals surface area contributed by atoms with Gasteiger partial charge in [0, 0.05) is 44.8 Å². The van der Waals surface area contributed by atoms with Crippen molar-refractivity contribution >= 4 is 35.6 Å². The number of hydrogen-bond donors (Lipinski definition) is 3. The van der Waals surface area contributed by atoms with Gasteiger partial charge in [0.2, 0.25) is 0 Å². The van der Waals surface area contributed by atoms with Crippen LogP contribution in [0.15, 0.2) is 71.7 Å². The summed E-state index contributed by atoms with van der Waals surface area (Å²) in [5.41, 5.74) is 3.57. The van der Waals surface area contributed by atoms with Crippen LogP contribution in [0.5, 0.6) is 0 Å². The van der Waals surface area contributed by atoms with E-state index in [2.05, 4.69) is 56.9 Å². The molecule has 0 amide bonds. The molecule has 0 aromatic heterocycles. The Morgan fingerprint density at radius 1 is 1.04 bits per heavy atom. The van der Waals surface area contributed by atoms with Crippen LogP contribution in [-0.2, 0) is 6.54 Å². The Bertz CT molecular complexity index is 754. The van der Waals surface area contributed by atoms with Crippen molar-refractivity contribution in [3.63, 3.8) is 0 Å². The zero-order valence-corrected chi connectivity index (χ0v) is 18.5. The molecule has 0 saturated heterocycles. The van der Waals surface area contributed by atoms with Crippen LogP contribution < -0.4 is 15.5 Å². The molecule has 2 aromatic rings. The van der Waals surface area contributed by atoms with E-state index in [0.29, 0.717) is 13.1 Å².